The highest BCUT2D eigenvalue weighted by molar-refractivity contribution is 5.92. The highest BCUT2D eigenvalue weighted by atomic mass is 16.6. The molecule has 0 bridgehead atoms. The Morgan fingerprint density at radius 3 is 2.80 bits per heavy atom. The summed E-state index contributed by atoms with van der Waals surface area (Å²) < 4.78 is 9.79. The minimum atomic E-state index is -1.40. The minimum Gasteiger partial charge on any atom is -0.487 e. The number of aromatic nitrogens is 2. The molecule has 0 aliphatic heterocycles. The molecule has 9 heteroatoms. The molecular formula is C11H9N3O6. The first-order chi connectivity index (χ1) is 9.49. The Kier molecular flexibility index (Phi) is 3.60. The molecule has 0 aliphatic carbocycles. The lowest BCUT2D eigenvalue weighted by Crippen LogP contribution is -2.04. The molecule has 104 valence electrons. The SMILES string of the molecule is Cc1nonc1COc1ccc([N+](=O)[O-])c(C(=O)O)c1. The van der Waals surface area contributed by atoms with Crippen LogP contribution in [0.5, 0.6) is 5.75 Å². The number of aromatic carboxylic acids is 1. The number of nitro benzene ring substituents is 1. The van der Waals surface area contributed by atoms with Crippen LogP contribution >= 0.6 is 0 Å². The van der Waals surface area contributed by atoms with Crippen LogP contribution in [0.15, 0.2) is 22.8 Å². The molecular weight excluding hydrogens is 270 g/mol. The van der Waals surface area contributed by atoms with Crippen LogP contribution in [0.25, 0.3) is 0 Å². The molecule has 9 nitrogen and oxygen atoms in total. The number of aryl methyl sites for hydroxylation is 1. The molecule has 0 atom stereocenters. The van der Waals surface area contributed by atoms with Crippen LogP contribution in [0, 0.1) is 17.0 Å². The molecule has 2 aromatic rings. The molecule has 1 aromatic carbocycles. The van der Waals surface area contributed by atoms with E-state index in [0.29, 0.717) is 11.4 Å². The Labute approximate surface area is 111 Å². The number of hydrogen-bond donors (Lipinski definition) is 1. The van der Waals surface area contributed by atoms with Crippen LogP contribution in [-0.2, 0) is 6.61 Å². The average Bonchev–Trinajstić information content (AvgIpc) is 2.81. The molecule has 0 spiro atoms. The molecule has 1 heterocycles. The Hall–Kier alpha value is -2.97. The number of nitrogens with zero attached hydrogens (tertiary/aromatic N) is 3. The molecule has 0 saturated carbocycles. The van der Waals surface area contributed by atoms with Crippen LogP contribution in [0.3, 0.4) is 0 Å². The smallest absolute Gasteiger partial charge is 0.342 e. The van der Waals surface area contributed by atoms with Gasteiger partial charge in [0.15, 0.2) is 0 Å². The van der Waals surface area contributed by atoms with Gasteiger partial charge in [0.2, 0.25) is 0 Å². The number of carboxylic acids is 1. The van der Waals surface area contributed by atoms with Gasteiger partial charge in [0, 0.05) is 12.1 Å². The summed E-state index contributed by atoms with van der Waals surface area (Å²) in [6.45, 7) is 1.69. The number of rotatable bonds is 5. The quantitative estimate of drug-likeness (QED) is 0.644. The summed E-state index contributed by atoms with van der Waals surface area (Å²) in [6, 6.07) is 3.48. The lowest BCUT2D eigenvalue weighted by Gasteiger charge is -2.05. The zero-order valence-electron chi connectivity index (χ0n) is 10.3. The fraction of sp³-hybridized carbons (Fsp3) is 0.182. The van der Waals surface area contributed by atoms with E-state index in [1.807, 2.05) is 0 Å². The van der Waals surface area contributed by atoms with Gasteiger partial charge in [0.05, 0.1) is 4.92 Å². The van der Waals surface area contributed by atoms with E-state index in [0.717, 1.165) is 12.1 Å². The fourth-order valence-electron chi connectivity index (χ4n) is 1.47. The number of carbonyl (C=O) groups is 1. The van der Waals surface area contributed by atoms with Crippen molar-refractivity contribution in [1.29, 1.82) is 0 Å². The topological polar surface area (TPSA) is 129 Å². The van der Waals surface area contributed by atoms with Gasteiger partial charge in [-0.05, 0) is 13.0 Å². The standard InChI is InChI=1S/C11H9N3O6/c1-6-9(13-20-12-6)5-19-7-2-3-10(14(17)18)8(4-7)11(15)16/h2-4H,5H2,1H3,(H,15,16). The van der Waals surface area contributed by atoms with Crippen molar-refractivity contribution in [2.75, 3.05) is 0 Å². The first-order valence-electron chi connectivity index (χ1n) is 5.41. The molecule has 0 unspecified atom stereocenters. The van der Waals surface area contributed by atoms with Crippen molar-refractivity contribution in [3.8, 4) is 5.75 Å². The van der Waals surface area contributed by atoms with Crippen LogP contribution < -0.4 is 4.74 Å². The summed E-state index contributed by atoms with van der Waals surface area (Å²) in [5.74, 6) is -1.23. The maximum atomic E-state index is 11.0. The van der Waals surface area contributed by atoms with E-state index in [1.54, 1.807) is 6.92 Å². The second-order valence-corrected chi connectivity index (χ2v) is 3.83. The van der Waals surface area contributed by atoms with Crippen molar-refractivity contribution in [3.63, 3.8) is 0 Å². The van der Waals surface area contributed by atoms with Gasteiger partial charge in [-0.25, -0.2) is 9.42 Å². The Bertz CT molecular complexity index is 666. The van der Waals surface area contributed by atoms with Gasteiger partial charge in [0.1, 0.15) is 29.3 Å². The summed E-state index contributed by atoms with van der Waals surface area (Å²) in [5, 5.41) is 26.8. The van der Waals surface area contributed by atoms with Crippen molar-refractivity contribution in [1.82, 2.24) is 10.3 Å². The predicted octanol–water partition coefficient (Wildman–Crippen LogP) is 1.56. The third-order valence-electron chi connectivity index (χ3n) is 2.52. The van der Waals surface area contributed by atoms with Gasteiger partial charge >= 0.3 is 5.97 Å². The Morgan fingerprint density at radius 1 is 1.50 bits per heavy atom. The summed E-state index contributed by atoms with van der Waals surface area (Å²) >= 11 is 0. The largest absolute Gasteiger partial charge is 0.487 e. The van der Waals surface area contributed by atoms with Gasteiger partial charge < -0.3 is 9.84 Å². The fourth-order valence-corrected chi connectivity index (χ4v) is 1.47. The van der Waals surface area contributed by atoms with E-state index in [-0.39, 0.29) is 12.4 Å². The van der Waals surface area contributed by atoms with E-state index in [2.05, 4.69) is 14.9 Å². The number of hydrogen-bond acceptors (Lipinski definition) is 7. The third-order valence-corrected chi connectivity index (χ3v) is 2.52. The van der Waals surface area contributed by atoms with Crippen LogP contribution in [0.1, 0.15) is 21.7 Å². The van der Waals surface area contributed by atoms with Crippen molar-refractivity contribution < 1.29 is 24.2 Å². The monoisotopic (exact) mass is 279 g/mol. The van der Waals surface area contributed by atoms with Crippen LogP contribution in [0.4, 0.5) is 5.69 Å². The second-order valence-electron chi connectivity index (χ2n) is 3.83. The van der Waals surface area contributed by atoms with Gasteiger partial charge in [0.25, 0.3) is 5.69 Å². The third kappa shape index (κ3) is 2.71. The maximum Gasteiger partial charge on any atom is 0.342 e. The summed E-state index contributed by atoms with van der Waals surface area (Å²) in [7, 11) is 0. The van der Waals surface area contributed by atoms with Crippen molar-refractivity contribution in [2.24, 2.45) is 0 Å². The van der Waals surface area contributed by atoms with Gasteiger partial charge in [-0.15, -0.1) is 0 Å². The molecule has 1 aromatic heterocycles. The molecule has 1 N–H and O–H groups in total. The number of nitro groups is 1. The van der Waals surface area contributed by atoms with Crippen LogP contribution in [0.2, 0.25) is 0 Å². The van der Waals surface area contributed by atoms with Gasteiger partial charge in [-0.3, -0.25) is 10.1 Å². The highest BCUT2D eigenvalue weighted by Crippen LogP contribution is 2.24. The molecule has 2 rings (SSSR count). The van der Waals surface area contributed by atoms with E-state index in [1.165, 1.54) is 6.07 Å². The lowest BCUT2D eigenvalue weighted by molar-refractivity contribution is -0.385. The molecule has 0 fully saturated rings. The maximum absolute atomic E-state index is 11.0. The zero-order chi connectivity index (χ0) is 14.7. The first-order valence-corrected chi connectivity index (χ1v) is 5.41. The van der Waals surface area contributed by atoms with Crippen molar-refractivity contribution in [3.05, 3.63) is 45.3 Å². The van der Waals surface area contributed by atoms with E-state index in [4.69, 9.17) is 9.84 Å². The number of ether oxygens (including phenoxy) is 1. The summed E-state index contributed by atoms with van der Waals surface area (Å²) in [6.07, 6.45) is 0. The second kappa shape index (κ2) is 5.34. The molecule has 0 aliphatic rings. The number of benzene rings is 1. The lowest BCUT2D eigenvalue weighted by atomic mass is 10.1. The van der Waals surface area contributed by atoms with Gasteiger partial charge in [-0.2, -0.15) is 0 Å². The normalized spacial score (nSPS) is 10.2. The predicted molar refractivity (Wildman–Crippen MR) is 63.4 cm³/mol. The summed E-state index contributed by atoms with van der Waals surface area (Å²) in [5.41, 5.74) is 0.0669. The molecule has 0 radical (unpaired) electrons. The first kappa shape index (κ1) is 13.5. The van der Waals surface area contributed by atoms with Crippen molar-refractivity contribution in [2.45, 2.75) is 13.5 Å². The van der Waals surface area contributed by atoms with E-state index in [9.17, 15) is 14.9 Å². The average molecular weight is 279 g/mol. The van der Waals surface area contributed by atoms with Gasteiger partial charge in [-0.1, -0.05) is 10.3 Å². The molecule has 0 amide bonds. The highest BCUT2D eigenvalue weighted by Gasteiger charge is 2.20. The van der Waals surface area contributed by atoms with Crippen LogP contribution in [-0.4, -0.2) is 26.3 Å². The summed E-state index contributed by atoms with van der Waals surface area (Å²) in [4.78, 5) is 20.9. The minimum absolute atomic E-state index is 0.0200. The zero-order valence-corrected chi connectivity index (χ0v) is 10.3. The molecule has 20 heavy (non-hydrogen) atoms. The van der Waals surface area contributed by atoms with Crippen molar-refractivity contribution >= 4 is 11.7 Å². The van der Waals surface area contributed by atoms with E-state index >= 15 is 0 Å². The molecule has 0 saturated heterocycles. The Morgan fingerprint density at radius 2 is 2.25 bits per heavy atom. The van der Waals surface area contributed by atoms with E-state index < -0.39 is 22.1 Å². The Balaban J connectivity index is 2.21. The number of carboxylic acid groups (broad SMARTS) is 1.